The van der Waals surface area contributed by atoms with Crippen molar-refractivity contribution < 1.29 is 23.8 Å². The van der Waals surface area contributed by atoms with Gasteiger partial charge < -0.3 is 19.5 Å². The lowest BCUT2D eigenvalue weighted by molar-refractivity contribution is -0.143. The number of carbonyl (C=O) groups excluding carboxylic acids is 2. The SMILES string of the molecule is CCOC(=O)CCCC(=O)Nc1ccccc1OC1CCOCC1. The molecule has 1 aliphatic heterocycles. The molecule has 6 nitrogen and oxygen atoms in total. The van der Waals surface area contributed by atoms with Crippen molar-refractivity contribution in [2.24, 2.45) is 0 Å². The molecule has 0 atom stereocenters. The number of nitrogens with one attached hydrogen (secondary N) is 1. The first-order chi connectivity index (χ1) is 11.7. The molecular weight excluding hydrogens is 310 g/mol. The highest BCUT2D eigenvalue weighted by atomic mass is 16.5. The Morgan fingerprint density at radius 2 is 1.96 bits per heavy atom. The predicted molar refractivity (Wildman–Crippen MR) is 90.0 cm³/mol. The third-order valence-electron chi connectivity index (χ3n) is 3.71. The summed E-state index contributed by atoms with van der Waals surface area (Å²) in [5, 5.41) is 2.86. The zero-order chi connectivity index (χ0) is 17.2. The standard InChI is InChI=1S/C18H25NO5/c1-2-23-18(21)9-5-8-17(20)19-15-6-3-4-7-16(15)24-14-10-12-22-13-11-14/h3-4,6-7,14H,2,5,8-13H2,1H3,(H,19,20). The van der Waals surface area contributed by atoms with Gasteiger partial charge >= 0.3 is 5.97 Å². The molecule has 0 saturated carbocycles. The second kappa shape index (κ2) is 9.93. The molecule has 1 N–H and O–H groups in total. The summed E-state index contributed by atoms with van der Waals surface area (Å²) in [6.07, 6.45) is 2.80. The van der Waals surface area contributed by atoms with Gasteiger partial charge in [0.25, 0.3) is 0 Å². The van der Waals surface area contributed by atoms with E-state index in [0.29, 0.717) is 37.7 Å². The molecule has 0 spiro atoms. The number of ether oxygens (including phenoxy) is 3. The number of esters is 1. The second-order valence-electron chi connectivity index (χ2n) is 5.63. The Kier molecular flexibility index (Phi) is 7.55. The van der Waals surface area contributed by atoms with Gasteiger partial charge in [-0.3, -0.25) is 9.59 Å². The van der Waals surface area contributed by atoms with Crippen LogP contribution in [0.4, 0.5) is 5.69 Å². The van der Waals surface area contributed by atoms with Gasteiger partial charge in [0.15, 0.2) is 0 Å². The Morgan fingerprint density at radius 3 is 2.71 bits per heavy atom. The Morgan fingerprint density at radius 1 is 1.21 bits per heavy atom. The molecule has 2 rings (SSSR count). The first-order valence-electron chi connectivity index (χ1n) is 8.48. The number of anilines is 1. The fraction of sp³-hybridized carbons (Fsp3) is 0.556. The topological polar surface area (TPSA) is 73.9 Å². The van der Waals surface area contributed by atoms with Crippen LogP contribution in [0.5, 0.6) is 5.75 Å². The molecule has 0 aliphatic carbocycles. The monoisotopic (exact) mass is 335 g/mol. The molecule has 0 bridgehead atoms. The summed E-state index contributed by atoms with van der Waals surface area (Å²) in [4.78, 5) is 23.3. The predicted octanol–water partition coefficient (Wildman–Crippen LogP) is 2.92. The molecule has 0 unspecified atom stereocenters. The van der Waals surface area contributed by atoms with Gasteiger partial charge in [-0.05, 0) is 25.5 Å². The van der Waals surface area contributed by atoms with Crippen molar-refractivity contribution in [2.75, 3.05) is 25.1 Å². The van der Waals surface area contributed by atoms with Gasteiger partial charge in [-0.15, -0.1) is 0 Å². The van der Waals surface area contributed by atoms with Crippen molar-refractivity contribution in [3.63, 3.8) is 0 Å². The molecule has 1 fully saturated rings. The van der Waals surface area contributed by atoms with Crippen LogP contribution in [0.1, 0.15) is 39.0 Å². The van der Waals surface area contributed by atoms with Crippen LogP contribution < -0.4 is 10.1 Å². The smallest absolute Gasteiger partial charge is 0.305 e. The maximum Gasteiger partial charge on any atom is 0.305 e. The lowest BCUT2D eigenvalue weighted by Crippen LogP contribution is -2.26. The molecular formula is C18H25NO5. The molecule has 1 amide bonds. The Bertz CT molecular complexity index is 540. The number of hydrogen-bond donors (Lipinski definition) is 1. The highest BCUT2D eigenvalue weighted by molar-refractivity contribution is 5.92. The maximum absolute atomic E-state index is 12.1. The van der Waals surface area contributed by atoms with E-state index in [2.05, 4.69) is 5.32 Å². The van der Waals surface area contributed by atoms with Crippen molar-refractivity contribution in [1.29, 1.82) is 0 Å². The average Bonchev–Trinajstić information content (AvgIpc) is 2.58. The second-order valence-corrected chi connectivity index (χ2v) is 5.63. The van der Waals surface area contributed by atoms with E-state index < -0.39 is 0 Å². The summed E-state index contributed by atoms with van der Waals surface area (Å²) < 4.78 is 16.2. The Hall–Kier alpha value is -2.08. The largest absolute Gasteiger partial charge is 0.488 e. The van der Waals surface area contributed by atoms with Gasteiger partial charge in [0, 0.05) is 25.7 Å². The fourth-order valence-corrected chi connectivity index (χ4v) is 2.49. The van der Waals surface area contributed by atoms with Gasteiger partial charge in [0.2, 0.25) is 5.91 Å². The zero-order valence-electron chi connectivity index (χ0n) is 14.1. The van der Waals surface area contributed by atoms with Gasteiger partial charge in [0.05, 0.1) is 25.5 Å². The average molecular weight is 335 g/mol. The summed E-state index contributed by atoms with van der Waals surface area (Å²) in [7, 11) is 0. The van der Waals surface area contributed by atoms with E-state index >= 15 is 0 Å². The van der Waals surface area contributed by atoms with Gasteiger partial charge in [-0.2, -0.15) is 0 Å². The molecule has 1 aromatic rings. The number of para-hydroxylation sites is 2. The number of amides is 1. The third kappa shape index (κ3) is 6.20. The summed E-state index contributed by atoms with van der Waals surface area (Å²) in [5.74, 6) is 0.263. The third-order valence-corrected chi connectivity index (χ3v) is 3.71. The highest BCUT2D eigenvalue weighted by Gasteiger charge is 2.17. The minimum Gasteiger partial charge on any atom is -0.488 e. The molecule has 0 radical (unpaired) electrons. The first kappa shape index (κ1) is 18.3. The Balaban J connectivity index is 1.82. The minimum absolute atomic E-state index is 0.112. The summed E-state index contributed by atoms with van der Waals surface area (Å²) in [5.41, 5.74) is 0.658. The van der Waals surface area contributed by atoms with Crippen LogP contribution in [-0.4, -0.2) is 37.8 Å². The molecule has 1 aliphatic rings. The van der Waals surface area contributed by atoms with Crippen LogP contribution in [0.25, 0.3) is 0 Å². The van der Waals surface area contributed by atoms with E-state index in [1.807, 2.05) is 24.3 Å². The molecule has 0 aromatic heterocycles. The van der Waals surface area contributed by atoms with Crippen molar-refractivity contribution >= 4 is 17.6 Å². The van der Waals surface area contributed by atoms with Gasteiger partial charge in [0.1, 0.15) is 11.9 Å². The maximum atomic E-state index is 12.1. The van der Waals surface area contributed by atoms with Gasteiger partial charge in [-0.25, -0.2) is 0 Å². The number of carbonyl (C=O) groups is 2. The first-order valence-corrected chi connectivity index (χ1v) is 8.48. The van der Waals surface area contributed by atoms with E-state index in [0.717, 1.165) is 12.8 Å². The quantitative estimate of drug-likeness (QED) is 0.740. The van der Waals surface area contributed by atoms with E-state index in [1.165, 1.54) is 0 Å². The lowest BCUT2D eigenvalue weighted by atomic mass is 10.1. The summed E-state index contributed by atoms with van der Waals surface area (Å²) >= 11 is 0. The van der Waals surface area contributed by atoms with Crippen LogP contribution in [0.3, 0.4) is 0 Å². The lowest BCUT2D eigenvalue weighted by Gasteiger charge is -2.24. The molecule has 1 heterocycles. The van der Waals surface area contributed by atoms with Crippen LogP contribution >= 0.6 is 0 Å². The van der Waals surface area contributed by atoms with Crippen LogP contribution in [0.15, 0.2) is 24.3 Å². The number of hydrogen-bond acceptors (Lipinski definition) is 5. The Labute approximate surface area is 142 Å². The van der Waals surface area contributed by atoms with Crippen LogP contribution in [0.2, 0.25) is 0 Å². The van der Waals surface area contributed by atoms with E-state index in [9.17, 15) is 9.59 Å². The van der Waals surface area contributed by atoms with E-state index in [1.54, 1.807) is 6.92 Å². The fourth-order valence-electron chi connectivity index (χ4n) is 2.49. The highest BCUT2D eigenvalue weighted by Crippen LogP contribution is 2.27. The minimum atomic E-state index is -0.270. The van der Waals surface area contributed by atoms with E-state index in [4.69, 9.17) is 14.2 Å². The van der Waals surface area contributed by atoms with E-state index in [-0.39, 0.29) is 30.8 Å². The number of benzene rings is 1. The molecule has 24 heavy (non-hydrogen) atoms. The van der Waals surface area contributed by atoms with Crippen LogP contribution in [0, 0.1) is 0 Å². The van der Waals surface area contributed by atoms with Crippen molar-refractivity contribution in [3.8, 4) is 5.75 Å². The summed E-state index contributed by atoms with van der Waals surface area (Å²) in [6, 6.07) is 7.40. The molecule has 6 heteroatoms. The normalized spacial score (nSPS) is 14.9. The zero-order valence-corrected chi connectivity index (χ0v) is 14.1. The van der Waals surface area contributed by atoms with Crippen molar-refractivity contribution in [2.45, 2.75) is 45.1 Å². The molecule has 132 valence electrons. The van der Waals surface area contributed by atoms with Gasteiger partial charge in [-0.1, -0.05) is 12.1 Å². The summed E-state index contributed by atoms with van der Waals surface area (Å²) in [6.45, 7) is 3.53. The van der Waals surface area contributed by atoms with Crippen LogP contribution in [-0.2, 0) is 19.1 Å². The molecule has 1 aromatic carbocycles. The van der Waals surface area contributed by atoms with Crippen molar-refractivity contribution in [3.05, 3.63) is 24.3 Å². The number of rotatable bonds is 8. The molecule has 1 saturated heterocycles. The van der Waals surface area contributed by atoms with Crippen molar-refractivity contribution in [1.82, 2.24) is 0 Å².